The predicted octanol–water partition coefficient (Wildman–Crippen LogP) is 3.22. The van der Waals surface area contributed by atoms with Crippen LogP contribution in [0.5, 0.6) is 0 Å². The first-order chi connectivity index (χ1) is 13.0. The maximum atomic E-state index is 12.1. The summed E-state index contributed by atoms with van der Waals surface area (Å²) in [6.45, 7) is -0.0296. The lowest BCUT2D eigenvalue weighted by Gasteiger charge is -2.08. The first-order valence-electron chi connectivity index (χ1n) is 8.31. The monoisotopic (exact) mass is 388 g/mol. The van der Waals surface area contributed by atoms with Gasteiger partial charge in [0.1, 0.15) is 5.56 Å². The van der Waals surface area contributed by atoms with E-state index in [2.05, 4.69) is 5.32 Å². The molecule has 8 heteroatoms. The van der Waals surface area contributed by atoms with Crippen molar-refractivity contribution >= 4 is 29.3 Å². The van der Waals surface area contributed by atoms with Gasteiger partial charge >= 0.3 is 5.97 Å². The molecule has 0 bridgehead atoms. The minimum Gasteiger partial charge on any atom is -0.452 e. The molecule has 0 saturated carbocycles. The third kappa shape index (κ3) is 6.41. The van der Waals surface area contributed by atoms with E-state index in [1.165, 1.54) is 29.5 Å². The van der Waals surface area contributed by atoms with Gasteiger partial charge in [0, 0.05) is 17.5 Å². The highest BCUT2D eigenvalue weighted by Crippen LogP contribution is 2.25. The summed E-state index contributed by atoms with van der Waals surface area (Å²) in [5.74, 6) is -1.34. The highest BCUT2D eigenvalue weighted by atomic mass is 32.2. The van der Waals surface area contributed by atoms with Crippen LogP contribution >= 0.6 is 11.8 Å². The van der Waals surface area contributed by atoms with E-state index >= 15 is 0 Å². The summed E-state index contributed by atoms with van der Waals surface area (Å²) in [6, 6.07) is 14.1. The molecular weight excluding hydrogens is 368 g/mol. The Kier molecular flexibility index (Phi) is 7.81. The van der Waals surface area contributed by atoms with Gasteiger partial charge in [0.05, 0.1) is 4.92 Å². The van der Waals surface area contributed by atoms with Gasteiger partial charge < -0.3 is 10.1 Å². The Morgan fingerprint density at radius 2 is 1.93 bits per heavy atom. The molecule has 0 aliphatic heterocycles. The zero-order valence-electron chi connectivity index (χ0n) is 14.8. The number of rotatable bonds is 9. The second-order valence-corrected chi connectivity index (χ2v) is 6.54. The lowest BCUT2D eigenvalue weighted by Crippen LogP contribution is -2.30. The fraction of sp³-hybridized carbons (Fsp3) is 0.263. The average molecular weight is 388 g/mol. The Morgan fingerprint density at radius 3 is 2.59 bits per heavy atom. The molecule has 0 heterocycles. The van der Waals surface area contributed by atoms with E-state index in [0.29, 0.717) is 11.4 Å². The molecule has 0 aliphatic carbocycles. The van der Waals surface area contributed by atoms with Gasteiger partial charge in [0.15, 0.2) is 6.61 Å². The lowest BCUT2D eigenvalue weighted by atomic mass is 10.1. The number of amides is 1. The predicted molar refractivity (Wildman–Crippen MR) is 103 cm³/mol. The number of esters is 1. The normalized spacial score (nSPS) is 10.3. The molecule has 2 aromatic rings. The topological polar surface area (TPSA) is 98.5 Å². The third-order valence-corrected chi connectivity index (χ3v) is 4.49. The quantitative estimate of drug-likeness (QED) is 0.233. The summed E-state index contributed by atoms with van der Waals surface area (Å²) >= 11 is 1.35. The SMILES string of the molecule is CSc1ccc([N+](=O)[O-])c(C(=O)OCC(=O)NCCCc2ccccc2)c1. The van der Waals surface area contributed by atoms with Crippen molar-refractivity contribution in [3.05, 3.63) is 69.8 Å². The Morgan fingerprint density at radius 1 is 1.19 bits per heavy atom. The number of hydrogen-bond acceptors (Lipinski definition) is 6. The molecule has 0 spiro atoms. The molecule has 0 saturated heterocycles. The number of nitrogens with one attached hydrogen (secondary N) is 1. The van der Waals surface area contributed by atoms with Gasteiger partial charge in [-0.3, -0.25) is 14.9 Å². The van der Waals surface area contributed by atoms with Gasteiger partial charge in [-0.05, 0) is 36.8 Å². The van der Waals surface area contributed by atoms with Gasteiger partial charge in [0.25, 0.3) is 11.6 Å². The number of hydrogen-bond donors (Lipinski definition) is 1. The largest absolute Gasteiger partial charge is 0.452 e. The number of benzene rings is 2. The number of thioether (sulfide) groups is 1. The summed E-state index contributed by atoms with van der Waals surface area (Å²) in [5, 5.41) is 13.7. The molecule has 0 fully saturated rings. The number of ether oxygens (including phenoxy) is 1. The summed E-state index contributed by atoms with van der Waals surface area (Å²) in [5.41, 5.74) is 0.670. The van der Waals surface area contributed by atoms with Gasteiger partial charge in [-0.15, -0.1) is 11.8 Å². The molecule has 2 rings (SSSR count). The van der Waals surface area contributed by atoms with Gasteiger partial charge in [-0.1, -0.05) is 30.3 Å². The maximum Gasteiger partial charge on any atom is 0.345 e. The van der Waals surface area contributed by atoms with Crippen LogP contribution in [0.2, 0.25) is 0 Å². The zero-order valence-corrected chi connectivity index (χ0v) is 15.7. The fourth-order valence-electron chi connectivity index (χ4n) is 2.39. The van der Waals surface area contributed by atoms with E-state index in [9.17, 15) is 19.7 Å². The van der Waals surface area contributed by atoms with Crippen molar-refractivity contribution in [3.63, 3.8) is 0 Å². The van der Waals surface area contributed by atoms with E-state index in [1.807, 2.05) is 30.3 Å². The van der Waals surface area contributed by atoms with Crippen molar-refractivity contribution in [2.24, 2.45) is 0 Å². The number of carbonyl (C=O) groups excluding carboxylic acids is 2. The molecule has 0 aromatic heterocycles. The fourth-order valence-corrected chi connectivity index (χ4v) is 2.83. The Bertz CT molecular complexity index is 811. The maximum absolute atomic E-state index is 12.1. The van der Waals surface area contributed by atoms with Gasteiger partial charge in [-0.25, -0.2) is 4.79 Å². The Labute approximate surface area is 161 Å². The van der Waals surface area contributed by atoms with Crippen molar-refractivity contribution in [1.29, 1.82) is 0 Å². The first-order valence-corrected chi connectivity index (χ1v) is 9.54. The summed E-state index contributed by atoms with van der Waals surface area (Å²) in [6.07, 6.45) is 3.37. The summed E-state index contributed by atoms with van der Waals surface area (Å²) in [7, 11) is 0. The summed E-state index contributed by atoms with van der Waals surface area (Å²) < 4.78 is 4.93. The minimum absolute atomic E-state index is 0.163. The van der Waals surface area contributed by atoms with Crippen molar-refractivity contribution < 1.29 is 19.2 Å². The Balaban J connectivity index is 1.81. The van der Waals surface area contributed by atoms with E-state index in [0.717, 1.165) is 12.8 Å². The van der Waals surface area contributed by atoms with Crippen LogP contribution in [0.15, 0.2) is 53.4 Å². The average Bonchev–Trinajstić information content (AvgIpc) is 2.69. The lowest BCUT2D eigenvalue weighted by molar-refractivity contribution is -0.385. The second-order valence-electron chi connectivity index (χ2n) is 5.66. The molecule has 2 aromatic carbocycles. The first kappa shape index (κ1) is 20.4. The summed E-state index contributed by atoms with van der Waals surface area (Å²) in [4.78, 5) is 35.1. The van der Waals surface area contributed by atoms with Crippen molar-refractivity contribution in [3.8, 4) is 0 Å². The number of nitro benzene ring substituents is 1. The van der Waals surface area contributed by atoms with Crippen LogP contribution in [0.4, 0.5) is 5.69 Å². The highest BCUT2D eigenvalue weighted by molar-refractivity contribution is 7.98. The van der Waals surface area contributed by atoms with Gasteiger partial charge in [0.2, 0.25) is 0 Å². The molecule has 0 radical (unpaired) electrons. The van der Waals surface area contributed by atoms with Crippen molar-refractivity contribution in [2.45, 2.75) is 17.7 Å². The molecule has 142 valence electrons. The Hall–Kier alpha value is -2.87. The van der Waals surface area contributed by atoms with Crippen LogP contribution < -0.4 is 5.32 Å². The third-order valence-electron chi connectivity index (χ3n) is 3.76. The molecule has 0 atom stereocenters. The standard InChI is InChI=1S/C19H20N2O5S/c1-27-15-9-10-17(21(24)25)16(12-15)19(23)26-13-18(22)20-11-5-8-14-6-3-2-4-7-14/h2-4,6-7,9-10,12H,5,8,11,13H2,1H3,(H,20,22). The van der Waals surface area contributed by atoms with Crippen molar-refractivity contribution in [1.82, 2.24) is 5.32 Å². The van der Waals surface area contributed by atoms with Crippen LogP contribution in [0.3, 0.4) is 0 Å². The molecule has 27 heavy (non-hydrogen) atoms. The number of nitrogens with zero attached hydrogens (tertiary/aromatic N) is 1. The van der Waals surface area contributed by atoms with Crippen LogP contribution in [-0.4, -0.2) is 36.2 Å². The minimum atomic E-state index is -0.892. The van der Waals surface area contributed by atoms with E-state index in [-0.39, 0.29) is 11.3 Å². The zero-order chi connectivity index (χ0) is 19.6. The van der Waals surface area contributed by atoms with E-state index in [4.69, 9.17) is 4.74 Å². The number of carbonyl (C=O) groups is 2. The molecule has 1 N–H and O–H groups in total. The van der Waals surface area contributed by atoms with Crippen molar-refractivity contribution in [2.75, 3.05) is 19.4 Å². The molecule has 7 nitrogen and oxygen atoms in total. The van der Waals surface area contributed by atoms with Crippen LogP contribution in [0, 0.1) is 10.1 Å². The highest BCUT2D eigenvalue weighted by Gasteiger charge is 2.22. The smallest absolute Gasteiger partial charge is 0.345 e. The molecular formula is C19H20N2O5S. The molecule has 1 amide bonds. The van der Waals surface area contributed by atoms with E-state index in [1.54, 1.807) is 12.3 Å². The van der Waals surface area contributed by atoms with Gasteiger partial charge in [-0.2, -0.15) is 0 Å². The van der Waals surface area contributed by atoms with E-state index < -0.39 is 23.4 Å². The van der Waals surface area contributed by atoms with Crippen LogP contribution in [0.25, 0.3) is 0 Å². The number of aryl methyl sites for hydroxylation is 1. The van der Waals surface area contributed by atoms with Crippen LogP contribution in [-0.2, 0) is 16.0 Å². The molecule has 0 aliphatic rings. The van der Waals surface area contributed by atoms with Crippen LogP contribution in [0.1, 0.15) is 22.3 Å². The molecule has 0 unspecified atom stereocenters. The second kappa shape index (κ2) is 10.3. The number of nitro groups is 1.